The molecule has 21 heavy (non-hydrogen) atoms. The van der Waals surface area contributed by atoms with E-state index in [9.17, 15) is 19.8 Å². The minimum atomic E-state index is -0.852. The lowest BCUT2D eigenvalue weighted by Gasteiger charge is -2.23. The molecule has 1 aromatic rings. The van der Waals surface area contributed by atoms with Gasteiger partial charge in [-0.25, -0.2) is 0 Å². The first-order chi connectivity index (χ1) is 10.0. The minimum Gasteiger partial charge on any atom is -0.508 e. The SMILES string of the molecule is Cc1c(O)cccc1C(=O)NC1CCCCCC1C(=O)O. The zero-order valence-corrected chi connectivity index (χ0v) is 12.1. The predicted molar refractivity (Wildman–Crippen MR) is 78.3 cm³/mol. The number of rotatable bonds is 3. The average molecular weight is 291 g/mol. The van der Waals surface area contributed by atoms with E-state index in [0.717, 1.165) is 19.3 Å². The van der Waals surface area contributed by atoms with Crippen LogP contribution < -0.4 is 5.32 Å². The van der Waals surface area contributed by atoms with E-state index in [1.807, 2.05) is 0 Å². The summed E-state index contributed by atoms with van der Waals surface area (Å²) in [6.07, 6.45) is 4.09. The quantitative estimate of drug-likeness (QED) is 0.747. The first-order valence-electron chi connectivity index (χ1n) is 7.33. The summed E-state index contributed by atoms with van der Waals surface area (Å²) in [6.45, 7) is 1.67. The number of aromatic hydroxyl groups is 1. The van der Waals surface area contributed by atoms with E-state index in [4.69, 9.17) is 0 Å². The number of phenolic OH excluding ortho intramolecular Hbond substituents is 1. The third-order valence-corrected chi connectivity index (χ3v) is 4.20. The summed E-state index contributed by atoms with van der Waals surface area (Å²) in [5, 5.41) is 21.8. The Morgan fingerprint density at radius 1 is 1.19 bits per heavy atom. The van der Waals surface area contributed by atoms with Crippen LogP contribution in [0.5, 0.6) is 5.75 Å². The van der Waals surface area contributed by atoms with Gasteiger partial charge in [-0.2, -0.15) is 0 Å². The molecule has 0 heterocycles. The normalized spacial score (nSPS) is 22.3. The number of hydrogen-bond donors (Lipinski definition) is 3. The molecule has 1 amide bonds. The molecule has 0 bridgehead atoms. The smallest absolute Gasteiger partial charge is 0.308 e. The molecule has 2 atom stereocenters. The van der Waals surface area contributed by atoms with Gasteiger partial charge in [-0.1, -0.05) is 25.3 Å². The number of nitrogens with one attached hydrogen (secondary N) is 1. The zero-order valence-electron chi connectivity index (χ0n) is 12.1. The number of carbonyl (C=O) groups excluding carboxylic acids is 1. The minimum absolute atomic E-state index is 0.0679. The van der Waals surface area contributed by atoms with Gasteiger partial charge in [-0.05, 0) is 31.9 Å². The molecule has 1 aromatic carbocycles. The molecule has 1 aliphatic rings. The fraction of sp³-hybridized carbons (Fsp3) is 0.500. The number of benzene rings is 1. The van der Waals surface area contributed by atoms with E-state index in [1.165, 1.54) is 6.07 Å². The summed E-state index contributed by atoms with van der Waals surface area (Å²) < 4.78 is 0. The molecule has 3 N–H and O–H groups in total. The second-order valence-electron chi connectivity index (χ2n) is 5.61. The Hall–Kier alpha value is -2.04. The lowest BCUT2D eigenvalue weighted by atomic mass is 9.94. The number of carbonyl (C=O) groups is 2. The van der Waals surface area contributed by atoms with Crippen LogP contribution in [0, 0.1) is 12.8 Å². The lowest BCUT2D eigenvalue weighted by molar-refractivity contribution is -0.142. The Balaban J connectivity index is 2.16. The fourth-order valence-corrected chi connectivity index (χ4v) is 2.89. The lowest BCUT2D eigenvalue weighted by Crippen LogP contribution is -2.43. The van der Waals surface area contributed by atoms with Gasteiger partial charge in [0, 0.05) is 17.2 Å². The van der Waals surface area contributed by atoms with E-state index in [-0.39, 0.29) is 17.7 Å². The maximum absolute atomic E-state index is 12.4. The van der Waals surface area contributed by atoms with Crippen molar-refractivity contribution in [3.05, 3.63) is 29.3 Å². The molecule has 0 radical (unpaired) electrons. The van der Waals surface area contributed by atoms with Crippen LogP contribution in [0.3, 0.4) is 0 Å². The van der Waals surface area contributed by atoms with Gasteiger partial charge < -0.3 is 15.5 Å². The van der Waals surface area contributed by atoms with Crippen LogP contribution in [-0.2, 0) is 4.79 Å². The highest BCUT2D eigenvalue weighted by Gasteiger charge is 2.31. The Morgan fingerprint density at radius 3 is 2.62 bits per heavy atom. The maximum atomic E-state index is 12.4. The average Bonchev–Trinajstić information content (AvgIpc) is 2.67. The first-order valence-corrected chi connectivity index (χ1v) is 7.33. The maximum Gasteiger partial charge on any atom is 0.308 e. The van der Waals surface area contributed by atoms with Gasteiger partial charge in [0.15, 0.2) is 0 Å². The second kappa shape index (κ2) is 6.61. The van der Waals surface area contributed by atoms with Gasteiger partial charge in [0.25, 0.3) is 5.91 Å². The molecule has 0 aliphatic heterocycles. The molecule has 114 valence electrons. The summed E-state index contributed by atoms with van der Waals surface area (Å²) in [4.78, 5) is 23.7. The summed E-state index contributed by atoms with van der Waals surface area (Å²) >= 11 is 0. The molecule has 2 rings (SSSR count). The van der Waals surface area contributed by atoms with Crippen molar-refractivity contribution < 1.29 is 19.8 Å². The van der Waals surface area contributed by atoms with Gasteiger partial charge in [0.05, 0.1) is 5.92 Å². The molecule has 5 nitrogen and oxygen atoms in total. The second-order valence-corrected chi connectivity index (χ2v) is 5.61. The van der Waals surface area contributed by atoms with Gasteiger partial charge in [-0.15, -0.1) is 0 Å². The topological polar surface area (TPSA) is 86.6 Å². The molecule has 0 aromatic heterocycles. The molecular formula is C16H21NO4. The fourth-order valence-electron chi connectivity index (χ4n) is 2.89. The number of hydrogen-bond acceptors (Lipinski definition) is 3. The van der Waals surface area contributed by atoms with Crippen LogP contribution in [0.15, 0.2) is 18.2 Å². The van der Waals surface area contributed by atoms with Crippen molar-refractivity contribution in [3.8, 4) is 5.75 Å². The molecule has 1 saturated carbocycles. The monoisotopic (exact) mass is 291 g/mol. The van der Waals surface area contributed by atoms with Gasteiger partial charge in [-0.3, -0.25) is 9.59 Å². The highest BCUT2D eigenvalue weighted by atomic mass is 16.4. The Bertz CT molecular complexity index is 541. The number of carboxylic acids is 1. The highest BCUT2D eigenvalue weighted by molar-refractivity contribution is 5.96. The molecule has 2 unspecified atom stereocenters. The molecule has 1 fully saturated rings. The predicted octanol–water partition coefficient (Wildman–Crippen LogP) is 2.46. The highest BCUT2D eigenvalue weighted by Crippen LogP contribution is 2.25. The largest absolute Gasteiger partial charge is 0.508 e. The van der Waals surface area contributed by atoms with Crippen molar-refractivity contribution >= 4 is 11.9 Å². The third-order valence-electron chi connectivity index (χ3n) is 4.20. The molecular weight excluding hydrogens is 270 g/mol. The number of amides is 1. The van der Waals surface area contributed by atoms with Gasteiger partial charge in [0.1, 0.15) is 5.75 Å². The van der Waals surface area contributed by atoms with E-state index in [1.54, 1.807) is 19.1 Å². The number of phenols is 1. The van der Waals surface area contributed by atoms with Crippen molar-refractivity contribution in [1.29, 1.82) is 0 Å². The van der Waals surface area contributed by atoms with Crippen molar-refractivity contribution in [1.82, 2.24) is 5.32 Å². The van der Waals surface area contributed by atoms with Crippen LogP contribution in [0.1, 0.15) is 48.0 Å². The van der Waals surface area contributed by atoms with Crippen molar-refractivity contribution in [2.45, 2.75) is 45.1 Å². The summed E-state index contributed by atoms with van der Waals surface area (Å²) in [7, 11) is 0. The van der Waals surface area contributed by atoms with Crippen LogP contribution >= 0.6 is 0 Å². The Morgan fingerprint density at radius 2 is 1.90 bits per heavy atom. The standard InChI is InChI=1S/C16H21NO4/c1-10-11(7-5-9-14(10)18)15(19)17-13-8-4-2-3-6-12(13)16(20)21/h5,7,9,12-13,18H,2-4,6,8H2,1H3,(H,17,19)(H,20,21). The zero-order chi connectivity index (χ0) is 15.4. The Kier molecular flexibility index (Phi) is 4.83. The molecule has 1 aliphatic carbocycles. The number of aliphatic carboxylic acids is 1. The van der Waals surface area contributed by atoms with Gasteiger partial charge in [0.2, 0.25) is 0 Å². The molecule has 5 heteroatoms. The summed E-state index contributed by atoms with van der Waals surface area (Å²) in [5.74, 6) is -1.64. The van der Waals surface area contributed by atoms with Crippen molar-refractivity contribution in [2.75, 3.05) is 0 Å². The van der Waals surface area contributed by atoms with Crippen molar-refractivity contribution in [3.63, 3.8) is 0 Å². The molecule has 0 spiro atoms. The van der Waals surface area contributed by atoms with Crippen LogP contribution in [0.4, 0.5) is 0 Å². The van der Waals surface area contributed by atoms with E-state index >= 15 is 0 Å². The van der Waals surface area contributed by atoms with Gasteiger partial charge >= 0.3 is 5.97 Å². The van der Waals surface area contributed by atoms with E-state index in [2.05, 4.69) is 5.32 Å². The molecule has 0 saturated heterocycles. The van der Waals surface area contributed by atoms with Crippen LogP contribution in [0.25, 0.3) is 0 Å². The third kappa shape index (κ3) is 3.54. The van der Waals surface area contributed by atoms with Crippen molar-refractivity contribution in [2.24, 2.45) is 5.92 Å². The Labute approximate surface area is 124 Å². The van der Waals surface area contributed by atoms with E-state index in [0.29, 0.717) is 24.0 Å². The van der Waals surface area contributed by atoms with Crippen LogP contribution in [0.2, 0.25) is 0 Å². The van der Waals surface area contributed by atoms with E-state index < -0.39 is 11.9 Å². The first kappa shape index (κ1) is 15.4. The summed E-state index contributed by atoms with van der Waals surface area (Å²) in [5.41, 5.74) is 0.902. The number of carboxylic acid groups (broad SMARTS) is 1. The van der Waals surface area contributed by atoms with Crippen LogP contribution in [-0.4, -0.2) is 28.1 Å². The summed E-state index contributed by atoms with van der Waals surface area (Å²) in [6, 6.07) is 4.42.